The second-order valence-electron chi connectivity index (χ2n) is 3.38. The number of halogens is 1. The lowest BCUT2D eigenvalue weighted by atomic mass is 10.2. The molecule has 0 atom stereocenters. The van der Waals surface area contributed by atoms with Crippen molar-refractivity contribution in [1.29, 1.82) is 0 Å². The van der Waals surface area contributed by atoms with Gasteiger partial charge in [0, 0.05) is 11.4 Å². The van der Waals surface area contributed by atoms with Crippen molar-refractivity contribution >= 4 is 27.3 Å². The van der Waals surface area contributed by atoms with Crippen molar-refractivity contribution in [1.82, 2.24) is 4.98 Å². The molecule has 0 aliphatic rings. The standard InChI is InChI=1S/C12H12BrNO3S/c1-15-8-5-10(17-3)9(16-2)4-7(8)12-14-11(13)6-18-12/h4-6H,1-3H3. The zero-order valence-corrected chi connectivity index (χ0v) is 12.6. The largest absolute Gasteiger partial charge is 0.496 e. The van der Waals surface area contributed by atoms with Gasteiger partial charge in [0.25, 0.3) is 0 Å². The Bertz CT molecular complexity index is 556. The molecular weight excluding hydrogens is 318 g/mol. The van der Waals surface area contributed by atoms with Crippen LogP contribution in [0.4, 0.5) is 0 Å². The first kappa shape index (κ1) is 13.2. The monoisotopic (exact) mass is 329 g/mol. The molecule has 6 heteroatoms. The van der Waals surface area contributed by atoms with Crippen molar-refractivity contribution in [3.8, 4) is 27.8 Å². The topological polar surface area (TPSA) is 40.6 Å². The average molecular weight is 330 g/mol. The van der Waals surface area contributed by atoms with Crippen LogP contribution < -0.4 is 14.2 Å². The molecule has 1 heterocycles. The molecule has 0 spiro atoms. The molecule has 18 heavy (non-hydrogen) atoms. The fourth-order valence-electron chi connectivity index (χ4n) is 1.57. The lowest BCUT2D eigenvalue weighted by Gasteiger charge is -2.12. The van der Waals surface area contributed by atoms with Gasteiger partial charge in [-0.05, 0) is 22.0 Å². The fourth-order valence-corrected chi connectivity index (χ4v) is 2.85. The highest BCUT2D eigenvalue weighted by molar-refractivity contribution is 9.10. The van der Waals surface area contributed by atoms with Crippen molar-refractivity contribution in [3.63, 3.8) is 0 Å². The minimum atomic E-state index is 0.633. The van der Waals surface area contributed by atoms with Gasteiger partial charge in [-0.1, -0.05) is 0 Å². The van der Waals surface area contributed by atoms with Crippen LogP contribution in [0.2, 0.25) is 0 Å². The summed E-state index contributed by atoms with van der Waals surface area (Å²) in [6.45, 7) is 0. The first-order chi connectivity index (χ1) is 8.69. The summed E-state index contributed by atoms with van der Waals surface area (Å²) in [6.07, 6.45) is 0. The van der Waals surface area contributed by atoms with Crippen LogP contribution in [0.15, 0.2) is 22.1 Å². The van der Waals surface area contributed by atoms with E-state index in [0.29, 0.717) is 17.2 Å². The SMILES string of the molecule is COc1cc(OC)c(-c2nc(Br)cs2)cc1OC. The maximum Gasteiger partial charge on any atom is 0.164 e. The molecule has 2 aromatic rings. The van der Waals surface area contributed by atoms with E-state index in [9.17, 15) is 0 Å². The third-order valence-electron chi connectivity index (χ3n) is 2.41. The van der Waals surface area contributed by atoms with Crippen molar-refractivity contribution in [2.24, 2.45) is 0 Å². The highest BCUT2D eigenvalue weighted by Gasteiger charge is 2.15. The van der Waals surface area contributed by atoms with Crippen molar-refractivity contribution < 1.29 is 14.2 Å². The van der Waals surface area contributed by atoms with Gasteiger partial charge in [-0.25, -0.2) is 4.98 Å². The van der Waals surface area contributed by atoms with Gasteiger partial charge in [0.05, 0.1) is 26.9 Å². The highest BCUT2D eigenvalue weighted by atomic mass is 79.9. The van der Waals surface area contributed by atoms with Crippen molar-refractivity contribution in [2.75, 3.05) is 21.3 Å². The molecule has 0 radical (unpaired) electrons. The number of aromatic nitrogens is 1. The van der Waals surface area contributed by atoms with Crippen LogP contribution in [0.25, 0.3) is 10.6 Å². The van der Waals surface area contributed by atoms with Crippen LogP contribution in [0.5, 0.6) is 17.2 Å². The normalized spacial score (nSPS) is 10.2. The summed E-state index contributed by atoms with van der Waals surface area (Å²) in [5, 5.41) is 2.78. The quantitative estimate of drug-likeness (QED) is 0.859. The van der Waals surface area contributed by atoms with Crippen LogP contribution in [0.1, 0.15) is 0 Å². The predicted octanol–water partition coefficient (Wildman–Crippen LogP) is 3.60. The number of thiazole rings is 1. The first-order valence-corrected chi connectivity index (χ1v) is 6.78. The van der Waals surface area contributed by atoms with Gasteiger partial charge in [0.2, 0.25) is 0 Å². The molecule has 0 unspecified atom stereocenters. The Morgan fingerprint density at radius 2 is 1.61 bits per heavy atom. The van der Waals surface area contributed by atoms with E-state index >= 15 is 0 Å². The van der Waals surface area contributed by atoms with Crippen LogP contribution in [-0.2, 0) is 0 Å². The molecule has 2 rings (SSSR count). The van der Waals surface area contributed by atoms with E-state index in [-0.39, 0.29) is 0 Å². The number of hydrogen-bond acceptors (Lipinski definition) is 5. The summed E-state index contributed by atoms with van der Waals surface area (Å²) in [7, 11) is 4.82. The molecule has 0 aliphatic heterocycles. The van der Waals surface area contributed by atoms with Gasteiger partial charge in [0.1, 0.15) is 15.4 Å². The first-order valence-electron chi connectivity index (χ1n) is 5.11. The van der Waals surface area contributed by atoms with E-state index in [0.717, 1.165) is 15.2 Å². The van der Waals surface area contributed by atoms with E-state index in [1.807, 2.05) is 11.4 Å². The van der Waals surface area contributed by atoms with E-state index in [1.165, 1.54) is 11.3 Å². The summed E-state index contributed by atoms with van der Waals surface area (Å²) in [6, 6.07) is 3.66. The highest BCUT2D eigenvalue weighted by Crippen LogP contribution is 2.41. The lowest BCUT2D eigenvalue weighted by molar-refractivity contribution is 0.349. The lowest BCUT2D eigenvalue weighted by Crippen LogP contribution is -1.94. The number of benzene rings is 1. The fraction of sp³-hybridized carbons (Fsp3) is 0.250. The van der Waals surface area contributed by atoms with Crippen LogP contribution >= 0.6 is 27.3 Å². The van der Waals surface area contributed by atoms with Crippen LogP contribution in [0.3, 0.4) is 0 Å². The maximum absolute atomic E-state index is 5.37. The number of rotatable bonds is 4. The van der Waals surface area contributed by atoms with Gasteiger partial charge in [-0.15, -0.1) is 11.3 Å². The Labute approximate surface area is 118 Å². The molecule has 0 saturated carbocycles. The average Bonchev–Trinajstić information content (AvgIpc) is 2.83. The maximum atomic E-state index is 5.37. The number of ether oxygens (including phenoxy) is 3. The smallest absolute Gasteiger partial charge is 0.164 e. The zero-order chi connectivity index (χ0) is 13.1. The summed E-state index contributed by atoms with van der Waals surface area (Å²) in [4.78, 5) is 4.38. The molecule has 96 valence electrons. The second kappa shape index (κ2) is 5.58. The summed E-state index contributed by atoms with van der Waals surface area (Å²) in [5.74, 6) is 1.99. The number of nitrogens with zero attached hydrogens (tertiary/aromatic N) is 1. The molecule has 4 nitrogen and oxygen atoms in total. The summed E-state index contributed by atoms with van der Waals surface area (Å²) < 4.78 is 16.7. The van der Waals surface area contributed by atoms with Gasteiger partial charge in [-0.3, -0.25) is 0 Å². The number of hydrogen-bond donors (Lipinski definition) is 0. The van der Waals surface area contributed by atoms with E-state index in [1.54, 1.807) is 27.4 Å². The Morgan fingerprint density at radius 3 is 2.11 bits per heavy atom. The molecule has 0 saturated heterocycles. The van der Waals surface area contributed by atoms with Gasteiger partial charge in [0.15, 0.2) is 11.5 Å². The summed E-state index contributed by atoms with van der Waals surface area (Å²) in [5.41, 5.74) is 0.880. The second-order valence-corrected chi connectivity index (χ2v) is 5.05. The van der Waals surface area contributed by atoms with Crippen molar-refractivity contribution in [3.05, 3.63) is 22.1 Å². The zero-order valence-electron chi connectivity index (χ0n) is 10.2. The predicted molar refractivity (Wildman–Crippen MR) is 74.9 cm³/mol. The molecule has 1 aromatic carbocycles. The third-order valence-corrected chi connectivity index (χ3v) is 4.00. The van der Waals surface area contributed by atoms with Gasteiger partial charge < -0.3 is 14.2 Å². The Balaban J connectivity index is 2.58. The van der Waals surface area contributed by atoms with Gasteiger partial charge in [-0.2, -0.15) is 0 Å². The van der Waals surface area contributed by atoms with Crippen molar-refractivity contribution in [2.45, 2.75) is 0 Å². The van der Waals surface area contributed by atoms with Crippen LogP contribution in [-0.4, -0.2) is 26.3 Å². The molecule has 0 aliphatic carbocycles. The Hall–Kier alpha value is -1.27. The minimum Gasteiger partial charge on any atom is -0.496 e. The minimum absolute atomic E-state index is 0.633. The van der Waals surface area contributed by atoms with Gasteiger partial charge >= 0.3 is 0 Å². The van der Waals surface area contributed by atoms with E-state index in [4.69, 9.17) is 14.2 Å². The molecule has 0 bridgehead atoms. The molecule has 0 amide bonds. The molecule has 0 fully saturated rings. The Kier molecular flexibility index (Phi) is 4.08. The summed E-state index contributed by atoms with van der Waals surface area (Å²) >= 11 is 4.87. The molecular formula is C12H12BrNO3S. The van der Waals surface area contributed by atoms with E-state index < -0.39 is 0 Å². The van der Waals surface area contributed by atoms with E-state index in [2.05, 4.69) is 20.9 Å². The Morgan fingerprint density at radius 1 is 1.00 bits per heavy atom. The van der Waals surface area contributed by atoms with Crippen LogP contribution in [0, 0.1) is 0 Å². The molecule has 1 aromatic heterocycles. The number of methoxy groups -OCH3 is 3. The third kappa shape index (κ3) is 2.44. The molecule has 0 N–H and O–H groups in total.